The lowest BCUT2D eigenvalue weighted by atomic mass is 10.1. The molecule has 0 radical (unpaired) electrons. The molecular formula is C28H35BrN2O8. The highest BCUT2D eigenvalue weighted by atomic mass is 79.9. The van der Waals surface area contributed by atoms with Gasteiger partial charge in [-0.15, -0.1) is 6.58 Å². The second-order valence-electron chi connectivity index (χ2n) is 7.95. The van der Waals surface area contributed by atoms with Gasteiger partial charge in [-0.25, -0.2) is 9.59 Å². The number of phenolic OH excluding ortho intramolecular Hbond substituents is 2. The van der Waals surface area contributed by atoms with Gasteiger partial charge in [-0.2, -0.15) is 0 Å². The van der Waals surface area contributed by atoms with E-state index in [-0.39, 0.29) is 36.3 Å². The van der Waals surface area contributed by atoms with Gasteiger partial charge in [0.25, 0.3) is 0 Å². The average Bonchev–Trinajstić information content (AvgIpc) is 2.89. The summed E-state index contributed by atoms with van der Waals surface area (Å²) in [5, 5.41) is 32.9. The summed E-state index contributed by atoms with van der Waals surface area (Å²) in [5.74, 6) is -2.01. The van der Waals surface area contributed by atoms with Crippen molar-refractivity contribution in [1.29, 1.82) is 0 Å². The lowest BCUT2D eigenvalue weighted by molar-refractivity contribution is -0.146. The molecule has 2 atom stereocenters. The van der Waals surface area contributed by atoms with Crippen molar-refractivity contribution in [2.24, 2.45) is 0 Å². The molecule has 0 heterocycles. The number of halogens is 1. The zero-order chi connectivity index (χ0) is 29.8. The summed E-state index contributed by atoms with van der Waals surface area (Å²) < 4.78 is 4.93. The van der Waals surface area contributed by atoms with Crippen molar-refractivity contribution in [3.63, 3.8) is 0 Å². The zero-order valence-electron chi connectivity index (χ0n) is 21.9. The van der Waals surface area contributed by atoms with Crippen LogP contribution in [0.1, 0.15) is 25.0 Å². The Balaban J connectivity index is 0.000000658. The molecule has 2 rings (SSSR count). The summed E-state index contributed by atoms with van der Waals surface area (Å²) in [4.78, 5) is 44.5. The fraction of sp³-hybridized carbons (Fsp3) is 0.286. The molecule has 0 spiro atoms. The first-order valence-corrected chi connectivity index (χ1v) is 12.8. The summed E-state index contributed by atoms with van der Waals surface area (Å²) in [7, 11) is 0. The third-order valence-electron chi connectivity index (χ3n) is 4.54. The average molecular weight is 607 g/mol. The van der Waals surface area contributed by atoms with E-state index < -0.39 is 24.0 Å². The van der Waals surface area contributed by atoms with Gasteiger partial charge in [0, 0.05) is 32.0 Å². The van der Waals surface area contributed by atoms with Crippen LogP contribution in [0.4, 0.5) is 0 Å². The predicted octanol–water partition coefficient (Wildman–Crippen LogP) is 3.26. The summed E-state index contributed by atoms with van der Waals surface area (Å²) in [6.45, 7) is 9.60. The number of hydrogen-bond acceptors (Lipinski definition) is 7. The number of alkyl halides is 1. The molecular weight excluding hydrogens is 572 g/mol. The molecule has 2 aromatic rings. The second kappa shape index (κ2) is 19.9. The number of carbonyl (C=O) groups excluding carboxylic acids is 3. The summed E-state index contributed by atoms with van der Waals surface area (Å²) in [6, 6.07) is 10.9. The molecule has 0 fully saturated rings. The first-order chi connectivity index (χ1) is 18.4. The van der Waals surface area contributed by atoms with E-state index in [1.165, 1.54) is 44.2 Å². The number of allylic oxidation sites excluding steroid dienone is 1. The molecule has 0 bridgehead atoms. The largest absolute Gasteiger partial charge is 0.508 e. The Labute approximate surface area is 236 Å². The van der Waals surface area contributed by atoms with Gasteiger partial charge in [-0.1, -0.05) is 58.9 Å². The van der Waals surface area contributed by atoms with Crippen LogP contribution in [0.25, 0.3) is 0 Å². The van der Waals surface area contributed by atoms with Crippen LogP contribution in [0.15, 0.2) is 73.8 Å². The summed E-state index contributed by atoms with van der Waals surface area (Å²) in [5.41, 5.74) is 1.55. The normalized spacial score (nSPS) is 11.1. The number of rotatable bonds is 11. The first kappa shape index (κ1) is 34.9. The predicted molar refractivity (Wildman–Crippen MR) is 152 cm³/mol. The van der Waals surface area contributed by atoms with Crippen molar-refractivity contribution in [3.05, 3.63) is 85.0 Å². The van der Waals surface area contributed by atoms with Crippen molar-refractivity contribution < 1.29 is 39.2 Å². The van der Waals surface area contributed by atoms with Gasteiger partial charge in [0.05, 0.1) is 0 Å². The fourth-order valence-corrected chi connectivity index (χ4v) is 2.86. The Morgan fingerprint density at radius 3 is 1.54 bits per heavy atom. The van der Waals surface area contributed by atoms with Gasteiger partial charge in [0.1, 0.15) is 30.2 Å². The molecule has 0 aliphatic heterocycles. The maximum absolute atomic E-state index is 11.8. The smallest absolute Gasteiger partial charge is 0.329 e. The molecule has 212 valence electrons. The Kier molecular flexibility index (Phi) is 17.8. The van der Waals surface area contributed by atoms with Crippen LogP contribution < -0.4 is 10.6 Å². The third-order valence-corrected chi connectivity index (χ3v) is 5.00. The Bertz CT molecular complexity index is 1070. The number of amides is 2. The molecule has 5 N–H and O–H groups in total. The van der Waals surface area contributed by atoms with E-state index in [2.05, 4.69) is 39.7 Å². The van der Waals surface area contributed by atoms with Crippen LogP contribution in [0.2, 0.25) is 0 Å². The maximum Gasteiger partial charge on any atom is 0.329 e. The van der Waals surface area contributed by atoms with Gasteiger partial charge in [0.2, 0.25) is 11.8 Å². The zero-order valence-corrected chi connectivity index (χ0v) is 23.5. The summed E-state index contributed by atoms with van der Waals surface area (Å²) >= 11 is 3.13. The Morgan fingerprint density at radius 1 is 0.821 bits per heavy atom. The third kappa shape index (κ3) is 17.1. The molecule has 39 heavy (non-hydrogen) atoms. The van der Waals surface area contributed by atoms with Crippen molar-refractivity contribution in [2.75, 3.05) is 11.9 Å². The van der Waals surface area contributed by atoms with Crippen molar-refractivity contribution >= 4 is 39.7 Å². The monoisotopic (exact) mass is 606 g/mol. The number of phenols is 2. The number of ether oxygens (including phenoxy) is 1. The quantitative estimate of drug-likeness (QED) is 0.148. The molecule has 0 aliphatic carbocycles. The van der Waals surface area contributed by atoms with Crippen LogP contribution in [0.3, 0.4) is 0 Å². The topological polar surface area (TPSA) is 162 Å². The van der Waals surface area contributed by atoms with Crippen LogP contribution >= 0.6 is 15.9 Å². The van der Waals surface area contributed by atoms with Gasteiger partial charge in [0.15, 0.2) is 0 Å². The van der Waals surface area contributed by atoms with Crippen molar-refractivity contribution in [3.8, 4) is 11.5 Å². The van der Waals surface area contributed by atoms with Crippen LogP contribution in [0, 0.1) is 0 Å². The van der Waals surface area contributed by atoms with Crippen molar-refractivity contribution in [1.82, 2.24) is 10.6 Å². The Hall–Kier alpha value is -4.12. The minimum Gasteiger partial charge on any atom is -0.508 e. The number of esters is 1. The van der Waals surface area contributed by atoms with Crippen molar-refractivity contribution in [2.45, 2.75) is 38.8 Å². The molecule has 0 aromatic heterocycles. The standard InChI is InChI=1S/C14H17NO4.C11H13NO4.C3H5Br/c1-3-8-19-14(18)13(15-10(2)16)9-11-4-6-12(17)7-5-11;1-7(13)12-10(11(15)16)6-8-2-4-9(14)5-3-8;1-2-3-4/h3-7,13,17H,1,8-9H2,2H3,(H,15,16);2-5,10,14H,6H2,1H3,(H,12,13)(H,15,16);2H,1,3H2. The van der Waals surface area contributed by atoms with E-state index in [1.807, 2.05) is 0 Å². The molecule has 0 saturated heterocycles. The fourth-order valence-electron chi connectivity index (χ4n) is 2.86. The van der Waals surface area contributed by atoms with Gasteiger partial charge >= 0.3 is 11.9 Å². The number of nitrogens with one attached hydrogen (secondary N) is 2. The van der Waals surface area contributed by atoms with Crippen LogP contribution in [0.5, 0.6) is 11.5 Å². The van der Waals surface area contributed by atoms with E-state index in [0.717, 1.165) is 16.5 Å². The molecule has 2 aromatic carbocycles. The first-order valence-electron chi connectivity index (χ1n) is 11.7. The van der Waals surface area contributed by atoms with E-state index in [9.17, 15) is 24.3 Å². The van der Waals surface area contributed by atoms with Gasteiger partial charge in [-0.3, -0.25) is 9.59 Å². The maximum atomic E-state index is 11.8. The van der Waals surface area contributed by atoms with E-state index in [1.54, 1.807) is 30.3 Å². The highest BCUT2D eigenvalue weighted by molar-refractivity contribution is 9.09. The summed E-state index contributed by atoms with van der Waals surface area (Å²) in [6.07, 6.45) is 3.74. The second-order valence-corrected chi connectivity index (χ2v) is 8.59. The minimum absolute atomic E-state index is 0.102. The molecule has 11 heteroatoms. The highest BCUT2D eigenvalue weighted by Gasteiger charge is 2.21. The molecule has 0 aliphatic rings. The Morgan fingerprint density at radius 2 is 1.21 bits per heavy atom. The van der Waals surface area contributed by atoms with E-state index in [4.69, 9.17) is 14.9 Å². The SMILES string of the molecule is C=CCBr.C=CCOC(=O)C(Cc1ccc(O)cc1)NC(C)=O.CC(=O)NC(Cc1ccc(O)cc1)C(=O)O. The number of aromatic hydroxyl groups is 2. The number of carboxylic acid groups (broad SMARTS) is 1. The number of benzene rings is 2. The highest BCUT2D eigenvalue weighted by Crippen LogP contribution is 2.12. The lowest BCUT2D eigenvalue weighted by Gasteiger charge is -2.16. The van der Waals surface area contributed by atoms with E-state index in [0.29, 0.717) is 6.42 Å². The van der Waals surface area contributed by atoms with Gasteiger partial charge in [-0.05, 0) is 35.4 Å². The number of carbonyl (C=O) groups is 4. The lowest BCUT2D eigenvalue weighted by Crippen LogP contribution is -2.42. The molecule has 2 amide bonds. The minimum atomic E-state index is -1.08. The number of carboxylic acids is 1. The molecule has 2 unspecified atom stereocenters. The van der Waals surface area contributed by atoms with Crippen LogP contribution in [-0.4, -0.2) is 63.1 Å². The molecule has 0 saturated carbocycles. The van der Waals surface area contributed by atoms with Gasteiger partial charge < -0.3 is 30.7 Å². The molecule has 10 nitrogen and oxygen atoms in total. The van der Waals surface area contributed by atoms with Crippen LogP contribution in [-0.2, 0) is 36.8 Å². The number of hydrogen-bond donors (Lipinski definition) is 5. The number of aliphatic carboxylic acids is 1. The van der Waals surface area contributed by atoms with E-state index >= 15 is 0 Å².